The Morgan fingerprint density at radius 3 is 2.48 bits per heavy atom. The van der Waals surface area contributed by atoms with Crippen LogP contribution in [-0.4, -0.2) is 43.9 Å². The molecule has 0 saturated carbocycles. The molecule has 2 atom stereocenters. The second-order valence-electron chi connectivity index (χ2n) is 6.91. The molecule has 29 heavy (non-hydrogen) atoms. The molecule has 3 rings (SSSR count). The highest BCUT2D eigenvalue weighted by Crippen LogP contribution is 2.17. The third-order valence-electron chi connectivity index (χ3n) is 4.61. The molecule has 2 aromatic carbocycles. The Kier molecular flexibility index (Phi) is 6.53. The fourth-order valence-electron chi connectivity index (χ4n) is 3.03. The summed E-state index contributed by atoms with van der Waals surface area (Å²) in [7, 11) is -3.10. The van der Waals surface area contributed by atoms with Crippen molar-refractivity contribution < 1.29 is 27.5 Å². The van der Waals surface area contributed by atoms with Gasteiger partial charge in [0.1, 0.15) is 12.4 Å². The van der Waals surface area contributed by atoms with Crippen LogP contribution in [0.25, 0.3) is 0 Å². The number of hydrogen-bond donors (Lipinski definition) is 1. The van der Waals surface area contributed by atoms with E-state index in [1.54, 1.807) is 24.3 Å². The van der Waals surface area contributed by atoms with Gasteiger partial charge in [0.15, 0.2) is 15.9 Å². The molecule has 1 fully saturated rings. The van der Waals surface area contributed by atoms with E-state index in [1.165, 1.54) is 6.92 Å². The van der Waals surface area contributed by atoms with Gasteiger partial charge in [0.05, 0.1) is 17.1 Å². The summed E-state index contributed by atoms with van der Waals surface area (Å²) in [5.41, 5.74) is 0.947. The maximum absolute atomic E-state index is 12.6. The van der Waals surface area contributed by atoms with E-state index in [-0.39, 0.29) is 18.1 Å². The van der Waals surface area contributed by atoms with Gasteiger partial charge in [-0.05, 0) is 31.5 Å². The SMILES string of the molecule is C[C@H](OC(=O)c1ccccc1COc1ccccc1)C(=O)N[C@H]1CCS(=O)(=O)C1. The Morgan fingerprint density at radius 1 is 1.10 bits per heavy atom. The van der Waals surface area contributed by atoms with Crippen molar-refractivity contribution in [3.63, 3.8) is 0 Å². The highest BCUT2D eigenvalue weighted by molar-refractivity contribution is 7.91. The molecule has 1 amide bonds. The molecule has 0 aliphatic carbocycles. The minimum Gasteiger partial charge on any atom is -0.489 e. The lowest BCUT2D eigenvalue weighted by molar-refractivity contribution is -0.129. The van der Waals surface area contributed by atoms with Gasteiger partial charge in [-0.25, -0.2) is 13.2 Å². The van der Waals surface area contributed by atoms with Gasteiger partial charge in [0, 0.05) is 11.6 Å². The van der Waals surface area contributed by atoms with Crippen molar-refractivity contribution in [3.8, 4) is 5.75 Å². The third kappa shape index (κ3) is 5.80. The van der Waals surface area contributed by atoms with E-state index >= 15 is 0 Å². The average Bonchev–Trinajstić information content (AvgIpc) is 3.05. The molecule has 1 aliphatic heterocycles. The zero-order chi connectivity index (χ0) is 20.9. The minimum absolute atomic E-state index is 0.0565. The number of hydrogen-bond acceptors (Lipinski definition) is 6. The summed E-state index contributed by atoms with van der Waals surface area (Å²) in [6, 6.07) is 15.6. The van der Waals surface area contributed by atoms with Crippen molar-refractivity contribution in [2.45, 2.75) is 32.1 Å². The first-order chi connectivity index (χ1) is 13.8. The van der Waals surface area contributed by atoms with E-state index in [0.29, 0.717) is 23.3 Å². The number of carbonyl (C=O) groups is 2. The monoisotopic (exact) mass is 417 g/mol. The van der Waals surface area contributed by atoms with E-state index in [2.05, 4.69) is 5.32 Å². The van der Waals surface area contributed by atoms with Gasteiger partial charge in [-0.3, -0.25) is 4.79 Å². The highest BCUT2D eigenvalue weighted by Gasteiger charge is 2.31. The second kappa shape index (κ2) is 9.09. The van der Waals surface area contributed by atoms with Crippen LogP contribution in [0.2, 0.25) is 0 Å². The van der Waals surface area contributed by atoms with Gasteiger partial charge in [-0.1, -0.05) is 36.4 Å². The molecule has 0 spiro atoms. The molecule has 2 aromatic rings. The molecular formula is C21H23NO6S. The maximum Gasteiger partial charge on any atom is 0.339 e. The second-order valence-corrected chi connectivity index (χ2v) is 9.14. The summed E-state index contributed by atoms with van der Waals surface area (Å²) in [5, 5.41) is 2.63. The summed E-state index contributed by atoms with van der Waals surface area (Å²) < 4.78 is 34.0. The summed E-state index contributed by atoms with van der Waals surface area (Å²) in [4.78, 5) is 24.8. The Bertz CT molecular complexity index is 974. The largest absolute Gasteiger partial charge is 0.489 e. The standard InChI is InChI=1S/C21H23NO6S/c1-15(20(23)22-17-11-12-29(25,26)14-17)28-21(24)19-10-6-5-7-16(19)13-27-18-8-3-2-4-9-18/h2-10,15,17H,11-14H2,1H3,(H,22,23)/t15-,17-/m0/s1. The molecule has 0 aromatic heterocycles. The van der Waals surface area contributed by atoms with Crippen LogP contribution in [0.3, 0.4) is 0 Å². The molecule has 0 unspecified atom stereocenters. The van der Waals surface area contributed by atoms with Crippen molar-refractivity contribution >= 4 is 21.7 Å². The van der Waals surface area contributed by atoms with Crippen LogP contribution in [-0.2, 0) is 26.0 Å². The van der Waals surface area contributed by atoms with Crippen molar-refractivity contribution in [1.82, 2.24) is 5.32 Å². The molecule has 1 N–H and O–H groups in total. The summed E-state index contributed by atoms with van der Waals surface area (Å²) in [6.07, 6.45) is -0.678. The smallest absolute Gasteiger partial charge is 0.339 e. The summed E-state index contributed by atoms with van der Waals surface area (Å²) in [6.45, 7) is 1.63. The Balaban J connectivity index is 1.59. The first kappa shape index (κ1) is 20.9. The fourth-order valence-corrected chi connectivity index (χ4v) is 4.70. The highest BCUT2D eigenvalue weighted by atomic mass is 32.2. The number of carbonyl (C=O) groups excluding carboxylic acids is 2. The molecule has 0 bridgehead atoms. The van der Waals surface area contributed by atoms with Gasteiger partial charge in [0.2, 0.25) is 0 Å². The number of rotatable bonds is 7. The van der Waals surface area contributed by atoms with Crippen LogP contribution in [0.1, 0.15) is 29.3 Å². The predicted molar refractivity (Wildman–Crippen MR) is 107 cm³/mol. The van der Waals surface area contributed by atoms with Gasteiger partial charge in [-0.2, -0.15) is 0 Å². The molecule has 0 radical (unpaired) electrons. The minimum atomic E-state index is -3.10. The van der Waals surface area contributed by atoms with E-state index in [1.807, 2.05) is 30.3 Å². The third-order valence-corrected chi connectivity index (χ3v) is 6.37. The number of para-hydroxylation sites is 1. The van der Waals surface area contributed by atoms with Crippen molar-refractivity contribution in [1.29, 1.82) is 0 Å². The van der Waals surface area contributed by atoms with Crippen LogP contribution in [0.5, 0.6) is 5.75 Å². The van der Waals surface area contributed by atoms with Gasteiger partial charge >= 0.3 is 5.97 Å². The van der Waals surface area contributed by atoms with Gasteiger partial charge in [0.25, 0.3) is 5.91 Å². The van der Waals surface area contributed by atoms with E-state index in [4.69, 9.17) is 9.47 Å². The van der Waals surface area contributed by atoms with Crippen LogP contribution in [0, 0.1) is 0 Å². The molecule has 154 valence electrons. The van der Waals surface area contributed by atoms with Gasteiger partial charge in [-0.15, -0.1) is 0 Å². The van der Waals surface area contributed by atoms with E-state index < -0.39 is 33.9 Å². The average molecular weight is 417 g/mol. The fraction of sp³-hybridized carbons (Fsp3) is 0.333. The van der Waals surface area contributed by atoms with Crippen LogP contribution >= 0.6 is 0 Å². The number of amides is 1. The number of esters is 1. The molecule has 7 nitrogen and oxygen atoms in total. The summed E-state index contributed by atoms with van der Waals surface area (Å²) >= 11 is 0. The van der Waals surface area contributed by atoms with Crippen LogP contribution in [0.4, 0.5) is 0 Å². The number of sulfone groups is 1. The van der Waals surface area contributed by atoms with Crippen LogP contribution < -0.4 is 10.1 Å². The van der Waals surface area contributed by atoms with E-state index in [9.17, 15) is 18.0 Å². The zero-order valence-corrected chi connectivity index (χ0v) is 16.9. The number of benzene rings is 2. The molecule has 8 heteroatoms. The zero-order valence-electron chi connectivity index (χ0n) is 16.0. The first-order valence-corrected chi connectivity index (χ1v) is 11.1. The van der Waals surface area contributed by atoms with E-state index in [0.717, 1.165) is 0 Å². The molecular weight excluding hydrogens is 394 g/mol. The van der Waals surface area contributed by atoms with Crippen molar-refractivity contribution in [2.24, 2.45) is 0 Å². The molecule has 1 aliphatic rings. The lowest BCUT2D eigenvalue weighted by Gasteiger charge is -2.17. The molecule has 1 heterocycles. The normalized spacial score (nSPS) is 18.6. The van der Waals surface area contributed by atoms with Crippen molar-refractivity contribution in [2.75, 3.05) is 11.5 Å². The number of ether oxygens (including phenoxy) is 2. The lowest BCUT2D eigenvalue weighted by atomic mass is 10.1. The summed E-state index contributed by atoms with van der Waals surface area (Å²) in [5.74, 6) is -0.507. The topological polar surface area (TPSA) is 98.8 Å². The van der Waals surface area contributed by atoms with Crippen LogP contribution in [0.15, 0.2) is 54.6 Å². The maximum atomic E-state index is 12.6. The Morgan fingerprint density at radius 2 is 1.79 bits per heavy atom. The van der Waals surface area contributed by atoms with Gasteiger partial charge < -0.3 is 14.8 Å². The first-order valence-electron chi connectivity index (χ1n) is 9.31. The quantitative estimate of drug-likeness (QED) is 0.693. The van der Waals surface area contributed by atoms with Crippen molar-refractivity contribution in [3.05, 3.63) is 65.7 Å². The number of nitrogens with one attached hydrogen (secondary N) is 1. The Labute approximate surface area is 169 Å². The predicted octanol–water partition coefficient (Wildman–Crippen LogP) is 2.11. The Hall–Kier alpha value is -2.87. The molecule has 1 saturated heterocycles. The lowest BCUT2D eigenvalue weighted by Crippen LogP contribution is -2.42.